The Morgan fingerprint density at radius 2 is 2.05 bits per heavy atom. The van der Waals surface area contributed by atoms with Crippen molar-refractivity contribution in [1.29, 1.82) is 5.26 Å². The molecule has 1 rings (SSSR count). The van der Waals surface area contributed by atoms with E-state index in [4.69, 9.17) is 5.26 Å². The van der Waals surface area contributed by atoms with Gasteiger partial charge in [-0.05, 0) is 31.0 Å². The molecule has 0 heterocycles. The maximum Gasteiger partial charge on any atom is 0.240 e. The van der Waals surface area contributed by atoms with E-state index in [0.717, 1.165) is 6.26 Å². The van der Waals surface area contributed by atoms with Crippen molar-refractivity contribution in [3.63, 3.8) is 0 Å². The third kappa shape index (κ3) is 4.74. The molecule has 1 atom stereocenters. The molecule has 0 spiro atoms. The molecule has 0 aliphatic rings. The molecule has 0 radical (unpaired) electrons. The van der Waals surface area contributed by atoms with Gasteiger partial charge < -0.3 is 10.6 Å². The van der Waals surface area contributed by atoms with E-state index < -0.39 is 15.4 Å². The molecule has 2 N–H and O–H groups in total. The van der Waals surface area contributed by atoms with Gasteiger partial charge in [0.1, 0.15) is 5.54 Å². The van der Waals surface area contributed by atoms with Crippen molar-refractivity contribution in [1.82, 2.24) is 5.32 Å². The van der Waals surface area contributed by atoms with Crippen LogP contribution in [-0.4, -0.2) is 32.7 Å². The van der Waals surface area contributed by atoms with Crippen LogP contribution < -0.4 is 10.6 Å². The lowest BCUT2D eigenvalue weighted by Gasteiger charge is -2.27. The number of rotatable bonds is 6. The van der Waals surface area contributed by atoms with E-state index >= 15 is 0 Å². The second kappa shape index (κ2) is 6.79. The molecule has 6 nitrogen and oxygen atoms in total. The number of carbonyl (C=O) groups is 1. The summed E-state index contributed by atoms with van der Waals surface area (Å²) in [6, 6.07) is 8.33. The number of anilines is 1. The normalized spacial score (nSPS) is 14.0. The minimum Gasteiger partial charge on any atom is -0.376 e. The van der Waals surface area contributed by atoms with Crippen molar-refractivity contribution in [3.8, 4) is 6.07 Å². The maximum absolute atomic E-state index is 11.9. The molecule has 0 aliphatic heterocycles. The summed E-state index contributed by atoms with van der Waals surface area (Å²) in [6.45, 7) is 5.33. The van der Waals surface area contributed by atoms with Gasteiger partial charge in [0.25, 0.3) is 0 Å². The van der Waals surface area contributed by atoms with Gasteiger partial charge in [0, 0.05) is 11.9 Å². The highest BCUT2D eigenvalue weighted by Crippen LogP contribution is 2.16. The number of hydrogen-bond donors (Lipinski definition) is 2. The number of hydrogen-bond acceptors (Lipinski definition) is 5. The Morgan fingerprint density at radius 3 is 2.55 bits per heavy atom. The molecule has 1 amide bonds. The number of benzene rings is 1. The fourth-order valence-electron chi connectivity index (χ4n) is 1.65. The Bertz CT molecular complexity index is 692. The molecule has 1 unspecified atom stereocenters. The van der Waals surface area contributed by atoms with Gasteiger partial charge >= 0.3 is 0 Å². The molecule has 120 valence electrons. The minimum atomic E-state index is -3.29. The van der Waals surface area contributed by atoms with Crippen molar-refractivity contribution < 1.29 is 13.2 Å². The summed E-state index contributed by atoms with van der Waals surface area (Å²) in [6.07, 6.45) is 1.12. The van der Waals surface area contributed by atoms with Gasteiger partial charge in [0.05, 0.1) is 17.5 Å². The van der Waals surface area contributed by atoms with Crippen LogP contribution in [0.25, 0.3) is 0 Å². The van der Waals surface area contributed by atoms with E-state index in [-0.39, 0.29) is 23.3 Å². The second-order valence-corrected chi connectivity index (χ2v) is 7.69. The molecule has 1 aromatic rings. The van der Waals surface area contributed by atoms with Crippen LogP contribution in [0.4, 0.5) is 5.69 Å². The van der Waals surface area contributed by atoms with Gasteiger partial charge in [-0.15, -0.1) is 0 Å². The van der Waals surface area contributed by atoms with Crippen molar-refractivity contribution in [3.05, 3.63) is 24.3 Å². The summed E-state index contributed by atoms with van der Waals surface area (Å²) in [5.74, 6) is -0.363. The summed E-state index contributed by atoms with van der Waals surface area (Å²) >= 11 is 0. The zero-order chi connectivity index (χ0) is 17.0. The third-order valence-electron chi connectivity index (χ3n) is 3.50. The van der Waals surface area contributed by atoms with Gasteiger partial charge in [0.2, 0.25) is 5.91 Å². The average molecular weight is 323 g/mol. The molecular formula is C15H21N3O3S. The molecule has 0 aromatic heterocycles. The predicted molar refractivity (Wildman–Crippen MR) is 85.0 cm³/mol. The van der Waals surface area contributed by atoms with E-state index in [1.165, 1.54) is 12.1 Å². The first kappa shape index (κ1) is 18.0. The van der Waals surface area contributed by atoms with Crippen molar-refractivity contribution in [2.24, 2.45) is 5.92 Å². The van der Waals surface area contributed by atoms with Crippen LogP contribution in [0.15, 0.2) is 29.2 Å². The van der Waals surface area contributed by atoms with Crippen molar-refractivity contribution >= 4 is 21.4 Å². The number of nitrogens with one attached hydrogen (secondary N) is 2. The SMILES string of the molecule is CC(C)C(C)(C#N)NC(=O)CNc1cccc(S(C)(=O)=O)c1. The van der Waals surface area contributed by atoms with Crippen LogP contribution in [0.1, 0.15) is 20.8 Å². The first-order valence-electron chi connectivity index (χ1n) is 6.85. The van der Waals surface area contributed by atoms with Crippen molar-refractivity contribution in [2.45, 2.75) is 31.2 Å². The monoisotopic (exact) mass is 323 g/mol. The molecule has 22 heavy (non-hydrogen) atoms. The third-order valence-corrected chi connectivity index (χ3v) is 4.61. The molecule has 1 aromatic carbocycles. The Balaban J connectivity index is 2.72. The van der Waals surface area contributed by atoms with Gasteiger partial charge in [-0.2, -0.15) is 5.26 Å². The van der Waals surface area contributed by atoms with Crippen LogP contribution in [0, 0.1) is 17.2 Å². The van der Waals surface area contributed by atoms with Gasteiger partial charge in [-0.25, -0.2) is 8.42 Å². The lowest BCUT2D eigenvalue weighted by Crippen LogP contribution is -2.50. The Labute approximate surface area is 131 Å². The highest BCUT2D eigenvalue weighted by Gasteiger charge is 2.29. The van der Waals surface area contributed by atoms with E-state index in [1.807, 2.05) is 13.8 Å². The Kier molecular flexibility index (Phi) is 5.55. The van der Waals surface area contributed by atoms with Gasteiger partial charge in [0.15, 0.2) is 9.84 Å². The topological polar surface area (TPSA) is 99.1 Å². The molecular weight excluding hydrogens is 302 g/mol. The van der Waals surface area contributed by atoms with Crippen LogP contribution in [-0.2, 0) is 14.6 Å². The van der Waals surface area contributed by atoms with Crippen LogP contribution >= 0.6 is 0 Å². The van der Waals surface area contributed by atoms with E-state index in [0.29, 0.717) is 5.69 Å². The zero-order valence-electron chi connectivity index (χ0n) is 13.2. The quantitative estimate of drug-likeness (QED) is 0.827. The Morgan fingerprint density at radius 1 is 1.41 bits per heavy atom. The van der Waals surface area contributed by atoms with E-state index in [1.54, 1.807) is 19.1 Å². The predicted octanol–water partition coefficient (Wildman–Crippen LogP) is 1.56. The fourth-order valence-corrected chi connectivity index (χ4v) is 2.32. The number of nitrogens with zero attached hydrogens (tertiary/aromatic N) is 1. The lowest BCUT2D eigenvalue weighted by molar-refractivity contribution is -0.121. The standard InChI is InChI=1S/C15H21N3O3S/c1-11(2)15(3,10-16)18-14(19)9-17-12-6-5-7-13(8-12)22(4,20)21/h5-8,11,17H,9H2,1-4H3,(H,18,19). The van der Waals surface area contributed by atoms with Crippen LogP contribution in [0.5, 0.6) is 0 Å². The summed E-state index contributed by atoms with van der Waals surface area (Å²) < 4.78 is 23.0. The first-order valence-corrected chi connectivity index (χ1v) is 8.74. The number of nitriles is 1. The van der Waals surface area contributed by atoms with Crippen LogP contribution in [0.3, 0.4) is 0 Å². The minimum absolute atomic E-state index is 0.0324. The molecule has 0 aliphatic carbocycles. The second-order valence-electron chi connectivity index (χ2n) is 5.67. The summed E-state index contributed by atoms with van der Waals surface area (Å²) in [5, 5.41) is 14.7. The summed E-state index contributed by atoms with van der Waals surface area (Å²) in [7, 11) is -3.29. The summed E-state index contributed by atoms with van der Waals surface area (Å²) in [4.78, 5) is 12.1. The smallest absolute Gasteiger partial charge is 0.240 e. The van der Waals surface area contributed by atoms with Gasteiger partial charge in [-0.3, -0.25) is 4.79 Å². The van der Waals surface area contributed by atoms with E-state index in [9.17, 15) is 13.2 Å². The summed E-state index contributed by atoms with van der Waals surface area (Å²) in [5.41, 5.74) is -0.408. The molecule has 0 saturated heterocycles. The number of sulfone groups is 1. The maximum atomic E-state index is 11.9. The zero-order valence-corrected chi connectivity index (χ0v) is 14.0. The largest absolute Gasteiger partial charge is 0.376 e. The van der Waals surface area contributed by atoms with Crippen molar-refractivity contribution in [2.75, 3.05) is 18.1 Å². The molecule has 7 heteroatoms. The number of carbonyl (C=O) groups excluding carboxylic acids is 1. The number of amides is 1. The van der Waals surface area contributed by atoms with Gasteiger partial charge in [-0.1, -0.05) is 19.9 Å². The first-order chi connectivity index (χ1) is 10.1. The molecule has 0 fully saturated rings. The highest BCUT2D eigenvalue weighted by molar-refractivity contribution is 7.90. The fraction of sp³-hybridized carbons (Fsp3) is 0.467. The highest BCUT2D eigenvalue weighted by atomic mass is 32.2. The molecule has 0 bridgehead atoms. The van der Waals surface area contributed by atoms with E-state index in [2.05, 4.69) is 16.7 Å². The Hall–Kier alpha value is -2.07. The van der Waals surface area contributed by atoms with Crippen LogP contribution in [0.2, 0.25) is 0 Å². The molecule has 0 saturated carbocycles. The average Bonchev–Trinajstić information content (AvgIpc) is 2.44. The lowest BCUT2D eigenvalue weighted by atomic mass is 9.90.